The zero-order chi connectivity index (χ0) is 20.5. The normalized spacial score (nSPS) is 15.6. The summed E-state index contributed by atoms with van der Waals surface area (Å²) in [5.74, 6) is 0.686. The Morgan fingerprint density at radius 1 is 1.21 bits per heavy atom. The number of phenolic OH excluding ortho intramolecular Hbond substituents is 1. The zero-order valence-electron chi connectivity index (χ0n) is 16.6. The molecular weight excluding hydrogens is 370 g/mol. The van der Waals surface area contributed by atoms with Gasteiger partial charge in [-0.3, -0.25) is 9.89 Å². The van der Waals surface area contributed by atoms with Crippen molar-refractivity contribution in [2.75, 3.05) is 27.4 Å². The van der Waals surface area contributed by atoms with E-state index in [4.69, 9.17) is 9.47 Å². The smallest absolute Gasteiger partial charge is 0.273 e. The number of hydrogen-bond acceptors (Lipinski definition) is 5. The average molecular weight is 393 g/mol. The molecule has 0 spiro atoms. The molecule has 2 N–H and O–H groups in total. The van der Waals surface area contributed by atoms with E-state index >= 15 is 0 Å². The summed E-state index contributed by atoms with van der Waals surface area (Å²) in [6, 6.07) is 12.6. The third-order valence-corrected chi connectivity index (χ3v) is 5.22. The number of aromatic hydroxyl groups is 1. The van der Waals surface area contributed by atoms with E-state index in [0.29, 0.717) is 35.9 Å². The van der Waals surface area contributed by atoms with Crippen LogP contribution in [0.5, 0.6) is 11.5 Å². The van der Waals surface area contributed by atoms with Crippen LogP contribution >= 0.6 is 0 Å². The van der Waals surface area contributed by atoms with Crippen LogP contribution < -0.4 is 4.74 Å². The number of methoxy groups -OCH3 is 2. The highest BCUT2D eigenvalue weighted by atomic mass is 16.5. The summed E-state index contributed by atoms with van der Waals surface area (Å²) in [4.78, 5) is 14.9. The van der Waals surface area contributed by atoms with Gasteiger partial charge in [-0.2, -0.15) is 5.10 Å². The minimum absolute atomic E-state index is 0.122. The second-order valence-corrected chi connectivity index (χ2v) is 7.05. The fourth-order valence-electron chi connectivity index (χ4n) is 3.82. The molecular formula is C22H23N3O4. The molecule has 2 heterocycles. The van der Waals surface area contributed by atoms with Crippen molar-refractivity contribution >= 4 is 5.91 Å². The first-order chi connectivity index (χ1) is 14.0. The second kappa shape index (κ2) is 7.60. The van der Waals surface area contributed by atoms with Crippen molar-refractivity contribution in [2.45, 2.75) is 13.0 Å². The topological polar surface area (TPSA) is 87.7 Å². The Labute approximate surface area is 168 Å². The maximum absolute atomic E-state index is 13.1. The van der Waals surface area contributed by atoms with E-state index < -0.39 is 0 Å². The van der Waals surface area contributed by atoms with Gasteiger partial charge in [0, 0.05) is 24.8 Å². The van der Waals surface area contributed by atoms with Crippen LogP contribution in [0.2, 0.25) is 0 Å². The number of aromatic nitrogens is 2. The van der Waals surface area contributed by atoms with Crippen LogP contribution in [-0.4, -0.2) is 53.5 Å². The van der Waals surface area contributed by atoms with Crippen LogP contribution in [0.25, 0.3) is 11.3 Å². The van der Waals surface area contributed by atoms with Gasteiger partial charge in [-0.25, -0.2) is 0 Å². The fraction of sp³-hybridized carbons (Fsp3) is 0.273. The van der Waals surface area contributed by atoms with Crippen molar-refractivity contribution in [3.63, 3.8) is 0 Å². The summed E-state index contributed by atoms with van der Waals surface area (Å²) in [7, 11) is 3.22. The lowest BCUT2D eigenvalue weighted by atomic mass is 9.95. The third kappa shape index (κ3) is 3.23. The molecule has 1 aromatic heterocycles. The molecule has 7 nitrogen and oxygen atoms in total. The van der Waals surface area contributed by atoms with Gasteiger partial charge in [0.2, 0.25) is 0 Å². The molecule has 2 aromatic carbocycles. The van der Waals surface area contributed by atoms with Gasteiger partial charge in [0.1, 0.15) is 22.9 Å². The Morgan fingerprint density at radius 2 is 2.03 bits per heavy atom. The van der Waals surface area contributed by atoms with Crippen LogP contribution in [0.3, 0.4) is 0 Å². The van der Waals surface area contributed by atoms with E-state index in [-0.39, 0.29) is 17.7 Å². The molecule has 7 heteroatoms. The molecule has 0 saturated heterocycles. The number of amides is 1. The molecule has 0 unspecified atom stereocenters. The number of ether oxygens (including phenoxy) is 2. The van der Waals surface area contributed by atoms with E-state index in [1.165, 1.54) is 0 Å². The number of carbonyl (C=O) groups excluding carboxylic acids is 1. The van der Waals surface area contributed by atoms with Gasteiger partial charge in [-0.1, -0.05) is 23.8 Å². The summed E-state index contributed by atoms with van der Waals surface area (Å²) in [5.41, 5.74) is 4.25. The summed E-state index contributed by atoms with van der Waals surface area (Å²) in [6.07, 6.45) is 0. The number of nitrogens with zero attached hydrogens (tertiary/aromatic N) is 2. The number of phenols is 1. The first kappa shape index (κ1) is 19.0. The molecule has 1 atom stereocenters. The number of aryl methyl sites for hydroxylation is 1. The molecule has 0 radical (unpaired) electrons. The van der Waals surface area contributed by atoms with Gasteiger partial charge in [-0.15, -0.1) is 0 Å². The maximum atomic E-state index is 13.1. The van der Waals surface area contributed by atoms with Gasteiger partial charge in [0.15, 0.2) is 0 Å². The van der Waals surface area contributed by atoms with Crippen LogP contribution in [-0.2, 0) is 4.74 Å². The molecule has 0 fully saturated rings. The third-order valence-electron chi connectivity index (χ3n) is 5.22. The van der Waals surface area contributed by atoms with Crippen molar-refractivity contribution < 1.29 is 19.4 Å². The van der Waals surface area contributed by atoms with E-state index in [9.17, 15) is 9.90 Å². The summed E-state index contributed by atoms with van der Waals surface area (Å²) in [5, 5.41) is 17.7. The molecule has 29 heavy (non-hydrogen) atoms. The van der Waals surface area contributed by atoms with Gasteiger partial charge in [-0.05, 0) is 36.8 Å². The van der Waals surface area contributed by atoms with Crippen molar-refractivity contribution in [1.82, 2.24) is 15.1 Å². The van der Waals surface area contributed by atoms with Crippen LogP contribution in [0.15, 0.2) is 42.5 Å². The van der Waals surface area contributed by atoms with Gasteiger partial charge in [0.05, 0.1) is 19.8 Å². The van der Waals surface area contributed by atoms with Gasteiger partial charge in [0.25, 0.3) is 5.91 Å². The van der Waals surface area contributed by atoms with Crippen molar-refractivity contribution in [2.24, 2.45) is 0 Å². The summed E-state index contributed by atoms with van der Waals surface area (Å²) >= 11 is 0. The van der Waals surface area contributed by atoms with E-state index in [2.05, 4.69) is 10.2 Å². The number of H-pyrrole nitrogens is 1. The quantitative estimate of drug-likeness (QED) is 0.671. The number of aromatic amines is 1. The zero-order valence-corrected chi connectivity index (χ0v) is 16.6. The Balaban J connectivity index is 1.90. The summed E-state index contributed by atoms with van der Waals surface area (Å²) < 4.78 is 10.6. The molecule has 0 aliphatic carbocycles. The monoisotopic (exact) mass is 393 g/mol. The molecule has 1 aliphatic rings. The van der Waals surface area contributed by atoms with E-state index in [1.807, 2.05) is 43.3 Å². The fourth-order valence-corrected chi connectivity index (χ4v) is 3.82. The minimum atomic E-state index is -0.364. The number of carbonyl (C=O) groups is 1. The second-order valence-electron chi connectivity index (χ2n) is 7.05. The van der Waals surface area contributed by atoms with Crippen molar-refractivity contribution in [3.05, 3.63) is 64.8 Å². The average Bonchev–Trinajstić information content (AvgIpc) is 3.27. The number of hydrogen-bond donors (Lipinski definition) is 2. The number of nitrogens with one attached hydrogen (secondary N) is 1. The largest absolute Gasteiger partial charge is 0.507 e. The predicted octanol–water partition coefficient (Wildman–Crippen LogP) is 3.29. The molecule has 150 valence electrons. The molecule has 4 rings (SSSR count). The maximum Gasteiger partial charge on any atom is 0.273 e. The highest BCUT2D eigenvalue weighted by Gasteiger charge is 2.42. The van der Waals surface area contributed by atoms with Gasteiger partial charge < -0.3 is 19.5 Å². The SMILES string of the molecule is COCCN1C(=O)c2[nH]nc(-c3cc(C)ccc3O)c2[C@@H]1c1cccc(OC)c1. The number of fused-ring (bicyclic) bond motifs is 1. The lowest BCUT2D eigenvalue weighted by Gasteiger charge is -2.26. The van der Waals surface area contributed by atoms with Crippen molar-refractivity contribution in [3.8, 4) is 22.8 Å². The highest BCUT2D eigenvalue weighted by Crippen LogP contribution is 2.44. The molecule has 0 bridgehead atoms. The van der Waals surface area contributed by atoms with Crippen LogP contribution in [0.1, 0.15) is 33.2 Å². The van der Waals surface area contributed by atoms with Crippen LogP contribution in [0.4, 0.5) is 0 Å². The number of rotatable bonds is 6. The molecule has 1 amide bonds. The molecule has 3 aromatic rings. The van der Waals surface area contributed by atoms with E-state index in [1.54, 1.807) is 25.2 Å². The Hall–Kier alpha value is -3.32. The molecule has 1 aliphatic heterocycles. The standard InChI is InChI=1S/C22H23N3O4/c1-13-7-8-17(26)16(11-13)19-18-20(24-23-19)22(27)25(9-10-28-2)21(18)14-5-4-6-15(12-14)29-3/h4-8,11-12,21,26H,9-10H2,1-3H3,(H,23,24)/t21-/m0/s1. The predicted molar refractivity (Wildman–Crippen MR) is 108 cm³/mol. The van der Waals surface area contributed by atoms with Crippen molar-refractivity contribution in [1.29, 1.82) is 0 Å². The number of benzene rings is 2. The lowest BCUT2D eigenvalue weighted by Crippen LogP contribution is -2.32. The lowest BCUT2D eigenvalue weighted by molar-refractivity contribution is 0.0677. The van der Waals surface area contributed by atoms with E-state index in [0.717, 1.165) is 16.7 Å². The Bertz CT molecular complexity index is 1060. The summed E-state index contributed by atoms with van der Waals surface area (Å²) in [6.45, 7) is 2.79. The van der Waals surface area contributed by atoms with Gasteiger partial charge >= 0.3 is 0 Å². The van der Waals surface area contributed by atoms with Crippen LogP contribution in [0, 0.1) is 6.92 Å². The Kier molecular flexibility index (Phi) is 4.98. The Morgan fingerprint density at radius 3 is 2.79 bits per heavy atom. The minimum Gasteiger partial charge on any atom is -0.507 e. The highest BCUT2D eigenvalue weighted by molar-refractivity contribution is 6.00. The molecule has 0 saturated carbocycles. The first-order valence-corrected chi connectivity index (χ1v) is 9.37. The first-order valence-electron chi connectivity index (χ1n) is 9.37.